The van der Waals surface area contributed by atoms with Gasteiger partial charge in [0.15, 0.2) is 0 Å². The third-order valence-electron chi connectivity index (χ3n) is 3.36. The van der Waals surface area contributed by atoms with Crippen LogP contribution >= 0.6 is 27.5 Å². The number of aliphatic hydroxyl groups excluding tert-OH is 1. The second-order valence-corrected chi connectivity index (χ2v) is 6.05. The van der Waals surface area contributed by atoms with E-state index in [-0.39, 0.29) is 0 Å². The van der Waals surface area contributed by atoms with Crippen molar-refractivity contribution in [2.24, 2.45) is 0 Å². The summed E-state index contributed by atoms with van der Waals surface area (Å²) in [5, 5.41) is 11.1. The summed E-state index contributed by atoms with van der Waals surface area (Å²) in [6, 6.07) is 11.7. The van der Waals surface area contributed by atoms with E-state index in [1.54, 1.807) is 6.07 Å². The Morgan fingerprint density at radius 3 is 2.37 bits per heavy atom. The van der Waals surface area contributed by atoms with E-state index in [1.165, 1.54) is 16.7 Å². The zero-order chi connectivity index (χ0) is 14.0. The fourth-order valence-corrected chi connectivity index (χ4v) is 3.19. The molecule has 0 spiro atoms. The van der Waals surface area contributed by atoms with Gasteiger partial charge in [0.25, 0.3) is 0 Å². The molecule has 2 rings (SSSR count). The molecule has 2 aromatic carbocycles. The molecule has 0 aliphatic rings. The first kappa shape index (κ1) is 14.6. The van der Waals surface area contributed by atoms with Crippen molar-refractivity contribution in [3.8, 4) is 0 Å². The van der Waals surface area contributed by atoms with E-state index in [2.05, 4.69) is 41.9 Å². The van der Waals surface area contributed by atoms with Gasteiger partial charge in [-0.3, -0.25) is 0 Å². The van der Waals surface area contributed by atoms with Gasteiger partial charge >= 0.3 is 0 Å². The third kappa shape index (κ3) is 3.38. The Kier molecular flexibility index (Phi) is 4.67. The molecule has 1 atom stereocenters. The van der Waals surface area contributed by atoms with Crippen LogP contribution in [0.25, 0.3) is 0 Å². The van der Waals surface area contributed by atoms with E-state index >= 15 is 0 Å². The van der Waals surface area contributed by atoms with Crippen molar-refractivity contribution in [2.75, 3.05) is 0 Å². The van der Waals surface area contributed by atoms with Gasteiger partial charge in [0.05, 0.1) is 6.10 Å². The molecule has 0 radical (unpaired) electrons. The molecule has 0 saturated heterocycles. The molecule has 3 heteroatoms. The molecule has 1 N–H and O–H groups in total. The number of rotatable bonds is 3. The minimum atomic E-state index is -0.536. The van der Waals surface area contributed by atoms with Crippen LogP contribution in [-0.4, -0.2) is 5.11 Å². The van der Waals surface area contributed by atoms with Gasteiger partial charge < -0.3 is 5.11 Å². The average Bonchev–Trinajstić information content (AvgIpc) is 2.33. The summed E-state index contributed by atoms with van der Waals surface area (Å²) in [6.45, 7) is 4.15. The van der Waals surface area contributed by atoms with Crippen molar-refractivity contribution in [1.82, 2.24) is 0 Å². The molecule has 1 nitrogen and oxygen atoms in total. The first-order valence-corrected chi connectivity index (χ1v) is 7.34. The maximum absolute atomic E-state index is 10.4. The maximum atomic E-state index is 10.4. The first-order valence-electron chi connectivity index (χ1n) is 6.17. The highest BCUT2D eigenvalue weighted by atomic mass is 79.9. The molecule has 1 unspecified atom stereocenters. The number of halogens is 2. The lowest BCUT2D eigenvalue weighted by atomic mass is 9.95. The van der Waals surface area contributed by atoms with Crippen LogP contribution in [0.5, 0.6) is 0 Å². The second-order valence-electron chi connectivity index (χ2n) is 4.76. The van der Waals surface area contributed by atoms with Gasteiger partial charge in [0.2, 0.25) is 0 Å². The van der Waals surface area contributed by atoms with E-state index < -0.39 is 6.10 Å². The highest BCUT2D eigenvalue weighted by Crippen LogP contribution is 2.30. The summed E-state index contributed by atoms with van der Waals surface area (Å²) in [6.07, 6.45) is 0.0742. The third-order valence-corrected chi connectivity index (χ3v) is 4.29. The van der Waals surface area contributed by atoms with Crippen LogP contribution in [0, 0.1) is 13.8 Å². The maximum Gasteiger partial charge on any atom is 0.0841 e. The van der Waals surface area contributed by atoms with Gasteiger partial charge in [-0.2, -0.15) is 0 Å². The van der Waals surface area contributed by atoms with Crippen molar-refractivity contribution in [3.05, 3.63) is 68.1 Å². The van der Waals surface area contributed by atoms with Crippen molar-refractivity contribution in [2.45, 2.75) is 26.4 Å². The molecule has 0 fully saturated rings. The molecule has 0 aliphatic heterocycles. The summed E-state index contributed by atoms with van der Waals surface area (Å²) < 4.78 is 0.846. The monoisotopic (exact) mass is 338 g/mol. The Labute approximate surface area is 127 Å². The van der Waals surface area contributed by atoms with Gasteiger partial charge in [-0.25, -0.2) is 0 Å². The molecule has 100 valence electrons. The van der Waals surface area contributed by atoms with E-state index in [9.17, 15) is 5.11 Å². The van der Waals surface area contributed by atoms with Crippen molar-refractivity contribution >= 4 is 27.5 Å². The van der Waals surface area contributed by atoms with Crippen LogP contribution in [0.4, 0.5) is 0 Å². The first-order chi connectivity index (χ1) is 8.99. The molecule has 0 amide bonds. The quantitative estimate of drug-likeness (QED) is 0.834. The SMILES string of the molecule is Cc1cccc(C)c1CC(O)c1ccc(Cl)cc1Br. The van der Waals surface area contributed by atoms with E-state index in [0.29, 0.717) is 11.4 Å². The summed E-state index contributed by atoms with van der Waals surface area (Å²) in [5.74, 6) is 0. The predicted molar refractivity (Wildman–Crippen MR) is 83.7 cm³/mol. The topological polar surface area (TPSA) is 20.2 Å². The fraction of sp³-hybridized carbons (Fsp3) is 0.250. The van der Waals surface area contributed by atoms with E-state index in [1.807, 2.05) is 18.2 Å². The van der Waals surface area contributed by atoms with Crippen LogP contribution < -0.4 is 0 Å². The summed E-state index contributed by atoms with van der Waals surface area (Å²) in [7, 11) is 0. The van der Waals surface area contributed by atoms with Crippen LogP contribution in [0.1, 0.15) is 28.4 Å². The molecular weight excluding hydrogens is 324 g/mol. The normalized spacial score (nSPS) is 12.5. The van der Waals surface area contributed by atoms with E-state index in [0.717, 1.165) is 10.0 Å². The van der Waals surface area contributed by atoms with Crippen molar-refractivity contribution in [3.63, 3.8) is 0 Å². The second kappa shape index (κ2) is 6.08. The lowest BCUT2D eigenvalue weighted by Gasteiger charge is -2.16. The minimum Gasteiger partial charge on any atom is -0.388 e. The molecule has 0 bridgehead atoms. The number of hydrogen-bond donors (Lipinski definition) is 1. The minimum absolute atomic E-state index is 0.536. The lowest BCUT2D eigenvalue weighted by Crippen LogP contribution is -2.05. The Balaban J connectivity index is 2.28. The molecule has 0 aromatic heterocycles. The van der Waals surface area contributed by atoms with Crippen LogP contribution in [0.3, 0.4) is 0 Å². The van der Waals surface area contributed by atoms with Gasteiger partial charge in [-0.15, -0.1) is 0 Å². The predicted octanol–water partition coefficient (Wildman–Crippen LogP) is 5.00. The largest absolute Gasteiger partial charge is 0.388 e. The Bertz CT molecular complexity index is 575. The Morgan fingerprint density at radius 2 is 1.79 bits per heavy atom. The zero-order valence-electron chi connectivity index (χ0n) is 11.0. The molecule has 2 aromatic rings. The smallest absolute Gasteiger partial charge is 0.0841 e. The van der Waals surface area contributed by atoms with Crippen molar-refractivity contribution < 1.29 is 5.11 Å². The lowest BCUT2D eigenvalue weighted by molar-refractivity contribution is 0.177. The highest BCUT2D eigenvalue weighted by molar-refractivity contribution is 9.10. The summed E-state index contributed by atoms with van der Waals surface area (Å²) in [5.41, 5.74) is 4.50. The molecule has 0 saturated carbocycles. The summed E-state index contributed by atoms with van der Waals surface area (Å²) in [4.78, 5) is 0. The number of aliphatic hydroxyl groups is 1. The zero-order valence-corrected chi connectivity index (χ0v) is 13.3. The van der Waals surface area contributed by atoms with Gasteiger partial charge in [0, 0.05) is 15.9 Å². The number of aryl methyl sites for hydroxylation is 2. The molecular formula is C16H16BrClO. The fourth-order valence-electron chi connectivity index (χ4n) is 2.25. The molecule has 0 aliphatic carbocycles. The van der Waals surface area contributed by atoms with Crippen LogP contribution in [-0.2, 0) is 6.42 Å². The van der Waals surface area contributed by atoms with Crippen LogP contribution in [0.15, 0.2) is 40.9 Å². The Hall–Kier alpha value is -0.830. The highest BCUT2D eigenvalue weighted by Gasteiger charge is 2.14. The Morgan fingerprint density at radius 1 is 1.16 bits per heavy atom. The summed E-state index contributed by atoms with van der Waals surface area (Å²) >= 11 is 9.37. The number of benzene rings is 2. The van der Waals surface area contributed by atoms with Gasteiger partial charge in [-0.1, -0.05) is 51.8 Å². The van der Waals surface area contributed by atoms with Gasteiger partial charge in [0.1, 0.15) is 0 Å². The number of hydrogen-bond acceptors (Lipinski definition) is 1. The standard InChI is InChI=1S/C16H16BrClO/c1-10-4-3-5-11(2)14(10)9-16(19)13-7-6-12(18)8-15(13)17/h3-8,16,19H,9H2,1-2H3. The van der Waals surface area contributed by atoms with Crippen molar-refractivity contribution in [1.29, 1.82) is 0 Å². The van der Waals surface area contributed by atoms with Crippen LogP contribution in [0.2, 0.25) is 5.02 Å². The molecule has 0 heterocycles. The van der Waals surface area contributed by atoms with E-state index in [4.69, 9.17) is 11.6 Å². The van der Waals surface area contributed by atoms with Gasteiger partial charge in [-0.05, 0) is 48.2 Å². The molecule has 19 heavy (non-hydrogen) atoms. The average molecular weight is 340 g/mol.